The van der Waals surface area contributed by atoms with Gasteiger partial charge >= 0.3 is 0 Å². The van der Waals surface area contributed by atoms with Gasteiger partial charge in [0.25, 0.3) is 0 Å². The number of sulfone groups is 1. The molecule has 1 aliphatic heterocycles. The Kier molecular flexibility index (Phi) is 4.62. The van der Waals surface area contributed by atoms with Crippen LogP contribution in [0.3, 0.4) is 0 Å². The summed E-state index contributed by atoms with van der Waals surface area (Å²) in [7, 11) is -2.72. The predicted octanol–water partition coefficient (Wildman–Crippen LogP) is 1.07. The van der Waals surface area contributed by atoms with Gasteiger partial charge in [0.15, 0.2) is 9.84 Å². The molecule has 0 bridgehead atoms. The third kappa shape index (κ3) is 4.24. The maximum atomic E-state index is 11.1. The third-order valence-corrected chi connectivity index (χ3v) is 4.03. The van der Waals surface area contributed by atoms with Gasteiger partial charge in [0.1, 0.15) is 0 Å². The van der Waals surface area contributed by atoms with Crippen LogP contribution in [0, 0.1) is 0 Å². The fraction of sp³-hybridized carbons (Fsp3) is 0.800. The molecule has 3 nitrogen and oxygen atoms in total. The molecular weight excluding hydrogens is 198 g/mol. The summed E-state index contributed by atoms with van der Waals surface area (Å²) in [5, 5.41) is 0. The molecule has 82 valence electrons. The topological polar surface area (TPSA) is 37.4 Å². The van der Waals surface area contributed by atoms with E-state index in [1.807, 2.05) is 0 Å². The van der Waals surface area contributed by atoms with Crippen LogP contribution >= 0.6 is 0 Å². The molecule has 0 aromatic carbocycles. The molecule has 1 aliphatic rings. The highest BCUT2D eigenvalue weighted by Crippen LogP contribution is 2.03. The lowest BCUT2D eigenvalue weighted by Gasteiger charge is -2.24. The number of nitrogens with zero attached hydrogens (tertiary/aromatic N) is 1. The highest BCUT2D eigenvalue weighted by atomic mass is 32.2. The van der Waals surface area contributed by atoms with Crippen molar-refractivity contribution in [3.8, 4) is 0 Å². The number of rotatable bonds is 4. The highest BCUT2D eigenvalue weighted by molar-refractivity contribution is 7.91. The van der Waals surface area contributed by atoms with Gasteiger partial charge in [-0.05, 0) is 6.42 Å². The lowest BCUT2D eigenvalue weighted by atomic mass is 10.3. The molecule has 0 atom stereocenters. The summed E-state index contributed by atoms with van der Waals surface area (Å²) in [5.41, 5.74) is 0. The van der Waals surface area contributed by atoms with Crippen LogP contribution in [0.1, 0.15) is 19.8 Å². The Balaban J connectivity index is 2.22. The quantitative estimate of drug-likeness (QED) is 0.661. The second-order valence-corrected chi connectivity index (χ2v) is 6.02. The van der Waals surface area contributed by atoms with E-state index in [0.717, 1.165) is 13.0 Å². The molecule has 0 spiro atoms. The first-order valence-electron chi connectivity index (χ1n) is 5.22. The molecule has 1 heterocycles. The van der Waals surface area contributed by atoms with Crippen molar-refractivity contribution in [1.29, 1.82) is 0 Å². The van der Waals surface area contributed by atoms with Gasteiger partial charge in [0, 0.05) is 19.6 Å². The van der Waals surface area contributed by atoms with Crippen molar-refractivity contribution in [2.45, 2.75) is 19.8 Å². The molecule has 14 heavy (non-hydrogen) atoms. The summed E-state index contributed by atoms with van der Waals surface area (Å²) < 4.78 is 22.3. The fourth-order valence-electron chi connectivity index (χ4n) is 1.44. The molecule has 0 radical (unpaired) electrons. The minimum absolute atomic E-state index is 0.328. The van der Waals surface area contributed by atoms with E-state index < -0.39 is 9.84 Å². The Bertz CT molecular complexity index is 268. The zero-order valence-corrected chi connectivity index (χ0v) is 9.59. The van der Waals surface area contributed by atoms with Crippen LogP contribution in [0.25, 0.3) is 0 Å². The summed E-state index contributed by atoms with van der Waals surface area (Å²) in [6.07, 6.45) is 6.60. The van der Waals surface area contributed by atoms with E-state index in [9.17, 15) is 8.42 Å². The average Bonchev–Trinajstić information content (AvgIpc) is 2.15. The van der Waals surface area contributed by atoms with Crippen molar-refractivity contribution in [3.63, 3.8) is 0 Å². The molecule has 0 aromatic rings. The van der Waals surface area contributed by atoms with Crippen molar-refractivity contribution in [1.82, 2.24) is 4.90 Å². The average molecular weight is 217 g/mol. The molecule has 4 heteroatoms. The first-order chi connectivity index (χ1) is 6.64. The number of unbranched alkanes of at least 4 members (excludes halogenated alkanes) is 1. The Morgan fingerprint density at radius 2 is 1.86 bits per heavy atom. The van der Waals surface area contributed by atoms with Crippen molar-refractivity contribution < 1.29 is 8.42 Å². The predicted molar refractivity (Wildman–Crippen MR) is 59.1 cm³/mol. The van der Waals surface area contributed by atoms with E-state index >= 15 is 0 Å². The molecule has 0 saturated carbocycles. The monoisotopic (exact) mass is 217 g/mol. The van der Waals surface area contributed by atoms with E-state index in [1.54, 1.807) is 0 Å². The maximum Gasteiger partial charge on any atom is 0.152 e. The summed E-state index contributed by atoms with van der Waals surface area (Å²) >= 11 is 0. The minimum atomic E-state index is -2.72. The van der Waals surface area contributed by atoms with Crippen LogP contribution < -0.4 is 0 Å². The van der Waals surface area contributed by atoms with Crippen molar-refractivity contribution in [3.05, 3.63) is 12.2 Å². The number of hydrogen-bond donors (Lipinski definition) is 0. The van der Waals surface area contributed by atoms with Gasteiger partial charge in [-0.15, -0.1) is 0 Å². The fourth-order valence-corrected chi connectivity index (χ4v) is 2.72. The lowest BCUT2D eigenvalue weighted by molar-refractivity contribution is 0.326. The van der Waals surface area contributed by atoms with Gasteiger partial charge in [-0.1, -0.05) is 25.5 Å². The standard InChI is InChI=1S/C10H19NO2S/c1-2-3-4-5-6-11-7-9-14(12,13)10-8-11/h4-5H,2-3,6-10H2,1H3. The van der Waals surface area contributed by atoms with Gasteiger partial charge in [-0.25, -0.2) is 8.42 Å². The van der Waals surface area contributed by atoms with E-state index in [1.165, 1.54) is 6.42 Å². The molecule has 0 aliphatic carbocycles. The molecule has 0 N–H and O–H groups in total. The number of allylic oxidation sites excluding steroid dienone is 1. The first kappa shape index (κ1) is 11.7. The zero-order chi connectivity index (χ0) is 10.4. The van der Waals surface area contributed by atoms with Crippen molar-refractivity contribution in [2.24, 2.45) is 0 Å². The minimum Gasteiger partial charge on any atom is -0.298 e. The van der Waals surface area contributed by atoms with Gasteiger partial charge in [0.2, 0.25) is 0 Å². The van der Waals surface area contributed by atoms with E-state index in [4.69, 9.17) is 0 Å². The van der Waals surface area contributed by atoms with E-state index in [-0.39, 0.29) is 0 Å². The highest BCUT2D eigenvalue weighted by Gasteiger charge is 2.20. The normalized spacial score (nSPS) is 22.9. The van der Waals surface area contributed by atoms with Crippen LogP contribution in [0.5, 0.6) is 0 Å². The lowest BCUT2D eigenvalue weighted by Crippen LogP contribution is -2.40. The van der Waals surface area contributed by atoms with Crippen LogP contribution in [0.15, 0.2) is 12.2 Å². The van der Waals surface area contributed by atoms with E-state index in [0.29, 0.717) is 24.6 Å². The second kappa shape index (κ2) is 5.51. The van der Waals surface area contributed by atoms with Crippen LogP contribution in [-0.4, -0.2) is 44.5 Å². The summed E-state index contributed by atoms with van der Waals surface area (Å²) in [4.78, 5) is 2.19. The Hall–Kier alpha value is -0.350. The molecular formula is C10H19NO2S. The molecule has 1 fully saturated rings. The van der Waals surface area contributed by atoms with Gasteiger partial charge < -0.3 is 0 Å². The number of hydrogen-bond acceptors (Lipinski definition) is 3. The van der Waals surface area contributed by atoms with Crippen LogP contribution in [0.4, 0.5) is 0 Å². The molecule has 0 unspecified atom stereocenters. The Morgan fingerprint density at radius 3 is 2.43 bits per heavy atom. The van der Waals surface area contributed by atoms with Gasteiger partial charge in [-0.3, -0.25) is 4.90 Å². The first-order valence-corrected chi connectivity index (χ1v) is 7.04. The zero-order valence-electron chi connectivity index (χ0n) is 8.78. The molecule has 0 aromatic heterocycles. The summed E-state index contributed by atoms with van der Waals surface area (Å²) in [6, 6.07) is 0. The van der Waals surface area contributed by atoms with Crippen LogP contribution in [0.2, 0.25) is 0 Å². The SMILES string of the molecule is CCCC=CCN1CCS(=O)(=O)CC1. The largest absolute Gasteiger partial charge is 0.298 e. The smallest absolute Gasteiger partial charge is 0.152 e. The molecule has 1 rings (SSSR count). The van der Waals surface area contributed by atoms with Crippen molar-refractivity contribution in [2.75, 3.05) is 31.1 Å². The molecule has 0 amide bonds. The van der Waals surface area contributed by atoms with Crippen molar-refractivity contribution >= 4 is 9.84 Å². The summed E-state index contributed by atoms with van der Waals surface area (Å²) in [5.74, 6) is 0.656. The Morgan fingerprint density at radius 1 is 1.21 bits per heavy atom. The van der Waals surface area contributed by atoms with Gasteiger partial charge in [0.05, 0.1) is 11.5 Å². The van der Waals surface area contributed by atoms with Crippen LogP contribution in [-0.2, 0) is 9.84 Å². The Labute approximate surface area is 86.7 Å². The maximum absolute atomic E-state index is 11.1. The second-order valence-electron chi connectivity index (χ2n) is 3.71. The van der Waals surface area contributed by atoms with Gasteiger partial charge in [-0.2, -0.15) is 0 Å². The third-order valence-electron chi connectivity index (χ3n) is 2.42. The molecule has 1 saturated heterocycles. The summed E-state index contributed by atoms with van der Waals surface area (Å²) in [6.45, 7) is 4.44. The van der Waals surface area contributed by atoms with E-state index in [2.05, 4.69) is 24.0 Å².